The molecule has 3 heteroatoms. The van der Waals surface area contributed by atoms with Gasteiger partial charge in [0.2, 0.25) is 0 Å². The number of aliphatic carboxylic acids is 1. The lowest BCUT2D eigenvalue weighted by Gasteiger charge is -2.31. The standard InChI is InChI=1S/C10H16O3/c1-3-7-6(2)8(10(12)13)4-5-9(7)11/h6-8H,3-5H2,1-2H3,(H,12,13)/t6-,7-,8-/m0/s1. The third-order valence-corrected chi connectivity index (χ3v) is 3.14. The molecule has 13 heavy (non-hydrogen) atoms. The van der Waals surface area contributed by atoms with Gasteiger partial charge in [0.15, 0.2) is 0 Å². The number of hydrogen-bond donors (Lipinski definition) is 1. The largest absolute Gasteiger partial charge is 0.481 e. The van der Waals surface area contributed by atoms with Crippen LogP contribution in [0.15, 0.2) is 0 Å². The van der Waals surface area contributed by atoms with Crippen molar-refractivity contribution in [1.29, 1.82) is 0 Å². The lowest BCUT2D eigenvalue weighted by atomic mass is 9.71. The van der Waals surface area contributed by atoms with Crippen LogP contribution < -0.4 is 0 Å². The van der Waals surface area contributed by atoms with Crippen LogP contribution in [0.25, 0.3) is 0 Å². The molecule has 0 aromatic carbocycles. The second kappa shape index (κ2) is 3.90. The van der Waals surface area contributed by atoms with Crippen molar-refractivity contribution < 1.29 is 14.7 Å². The van der Waals surface area contributed by atoms with Gasteiger partial charge in [-0.3, -0.25) is 9.59 Å². The quantitative estimate of drug-likeness (QED) is 0.710. The van der Waals surface area contributed by atoms with Gasteiger partial charge in [-0.1, -0.05) is 13.8 Å². The molecular formula is C10H16O3. The van der Waals surface area contributed by atoms with E-state index in [9.17, 15) is 9.59 Å². The molecule has 1 N–H and O–H groups in total. The number of carboxylic acid groups (broad SMARTS) is 1. The molecule has 3 atom stereocenters. The zero-order valence-electron chi connectivity index (χ0n) is 8.12. The Bertz CT molecular complexity index is 220. The van der Waals surface area contributed by atoms with Crippen molar-refractivity contribution in [3.8, 4) is 0 Å². The summed E-state index contributed by atoms with van der Waals surface area (Å²) in [6, 6.07) is 0. The van der Waals surface area contributed by atoms with Crippen LogP contribution >= 0.6 is 0 Å². The molecule has 1 fully saturated rings. The van der Waals surface area contributed by atoms with Crippen LogP contribution in [0.5, 0.6) is 0 Å². The Kier molecular flexibility index (Phi) is 3.07. The Balaban J connectivity index is 2.74. The van der Waals surface area contributed by atoms with Gasteiger partial charge in [0.05, 0.1) is 5.92 Å². The fraction of sp³-hybridized carbons (Fsp3) is 0.800. The second-order valence-corrected chi connectivity index (χ2v) is 3.82. The zero-order valence-corrected chi connectivity index (χ0v) is 8.12. The van der Waals surface area contributed by atoms with Crippen molar-refractivity contribution in [1.82, 2.24) is 0 Å². The van der Waals surface area contributed by atoms with Crippen molar-refractivity contribution in [2.45, 2.75) is 33.1 Å². The highest BCUT2D eigenvalue weighted by atomic mass is 16.4. The second-order valence-electron chi connectivity index (χ2n) is 3.82. The number of carbonyl (C=O) groups excluding carboxylic acids is 1. The van der Waals surface area contributed by atoms with Crippen LogP contribution in [0, 0.1) is 17.8 Å². The van der Waals surface area contributed by atoms with Gasteiger partial charge < -0.3 is 5.11 Å². The van der Waals surface area contributed by atoms with Crippen LogP contribution in [0.2, 0.25) is 0 Å². The SMILES string of the molecule is CC[C@@H]1C(=O)CC[C@H](C(=O)O)[C@H]1C. The summed E-state index contributed by atoms with van der Waals surface area (Å²) in [5.41, 5.74) is 0. The number of carbonyl (C=O) groups is 2. The maximum atomic E-state index is 11.4. The molecule has 0 heterocycles. The Morgan fingerprint density at radius 3 is 2.69 bits per heavy atom. The van der Waals surface area contributed by atoms with E-state index in [0.717, 1.165) is 6.42 Å². The number of ketones is 1. The molecule has 1 aliphatic carbocycles. The summed E-state index contributed by atoms with van der Waals surface area (Å²) >= 11 is 0. The molecule has 0 aromatic heterocycles. The average molecular weight is 184 g/mol. The number of carboxylic acids is 1. The number of hydrogen-bond acceptors (Lipinski definition) is 2. The van der Waals surface area contributed by atoms with Crippen LogP contribution in [-0.2, 0) is 9.59 Å². The summed E-state index contributed by atoms with van der Waals surface area (Å²) in [5, 5.41) is 8.90. The summed E-state index contributed by atoms with van der Waals surface area (Å²) in [6.07, 6.45) is 1.73. The molecule has 0 aliphatic heterocycles. The van der Waals surface area contributed by atoms with E-state index in [4.69, 9.17) is 5.11 Å². The maximum absolute atomic E-state index is 11.4. The van der Waals surface area contributed by atoms with E-state index in [0.29, 0.717) is 12.8 Å². The minimum Gasteiger partial charge on any atom is -0.481 e. The summed E-state index contributed by atoms with van der Waals surface area (Å²) in [5.74, 6) is -0.854. The Morgan fingerprint density at radius 1 is 1.62 bits per heavy atom. The smallest absolute Gasteiger partial charge is 0.306 e. The number of Topliss-reactive ketones (excluding diaryl/α,β-unsaturated/α-hetero) is 1. The van der Waals surface area contributed by atoms with Crippen molar-refractivity contribution >= 4 is 11.8 Å². The molecule has 0 bridgehead atoms. The lowest BCUT2D eigenvalue weighted by molar-refractivity contribution is -0.147. The highest BCUT2D eigenvalue weighted by Crippen LogP contribution is 2.34. The first-order valence-electron chi connectivity index (χ1n) is 4.83. The van der Waals surface area contributed by atoms with Gasteiger partial charge in [-0.15, -0.1) is 0 Å². The third-order valence-electron chi connectivity index (χ3n) is 3.14. The van der Waals surface area contributed by atoms with Crippen molar-refractivity contribution in [3.63, 3.8) is 0 Å². The first-order valence-corrected chi connectivity index (χ1v) is 4.83. The highest BCUT2D eigenvalue weighted by molar-refractivity contribution is 5.84. The van der Waals surface area contributed by atoms with E-state index in [-0.39, 0.29) is 23.5 Å². The van der Waals surface area contributed by atoms with Crippen LogP contribution in [0.4, 0.5) is 0 Å². The van der Waals surface area contributed by atoms with E-state index in [1.54, 1.807) is 0 Å². The molecule has 0 unspecified atom stereocenters. The average Bonchev–Trinajstić information content (AvgIpc) is 2.04. The fourth-order valence-electron chi connectivity index (χ4n) is 2.27. The van der Waals surface area contributed by atoms with E-state index < -0.39 is 5.97 Å². The normalized spacial score (nSPS) is 34.6. The topological polar surface area (TPSA) is 54.4 Å². The maximum Gasteiger partial charge on any atom is 0.306 e. The lowest BCUT2D eigenvalue weighted by Crippen LogP contribution is -2.36. The molecule has 0 radical (unpaired) electrons. The Hall–Kier alpha value is -0.860. The van der Waals surface area contributed by atoms with Gasteiger partial charge >= 0.3 is 5.97 Å². The molecular weight excluding hydrogens is 168 g/mol. The molecule has 3 nitrogen and oxygen atoms in total. The van der Waals surface area contributed by atoms with Gasteiger partial charge in [0.1, 0.15) is 5.78 Å². The summed E-state index contributed by atoms with van der Waals surface area (Å²) in [4.78, 5) is 22.2. The van der Waals surface area contributed by atoms with E-state index in [1.165, 1.54) is 0 Å². The molecule has 0 spiro atoms. The summed E-state index contributed by atoms with van der Waals surface area (Å²) < 4.78 is 0. The van der Waals surface area contributed by atoms with Crippen LogP contribution in [-0.4, -0.2) is 16.9 Å². The van der Waals surface area contributed by atoms with Crippen molar-refractivity contribution in [2.24, 2.45) is 17.8 Å². The van der Waals surface area contributed by atoms with Gasteiger partial charge in [-0.25, -0.2) is 0 Å². The molecule has 0 aromatic rings. The van der Waals surface area contributed by atoms with Gasteiger partial charge in [0.25, 0.3) is 0 Å². The molecule has 0 saturated heterocycles. The summed E-state index contributed by atoms with van der Waals surface area (Å²) in [7, 11) is 0. The van der Waals surface area contributed by atoms with E-state index in [1.807, 2.05) is 13.8 Å². The molecule has 1 saturated carbocycles. The molecule has 1 aliphatic rings. The monoisotopic (exact) mass is 184 g/mol. The van der Waals surface area contributed by atoms with Gasteiger partial charge in [-0.2, -0.15) is 0 Å². The zero-order chi connectivity index (χ0) is 10.0. The van der Waals surface area contributed by atoms with Crippen molar-refractivity contribution in [3.05, 3.63) is 0 Å². The van der Waals surface area contributed by atoms with E-state index >= 15 is 0 Å². The number of rotatable bonds is 2. The first-order chi connectivity index (χ1) is 6.07. The predicted molar refractivity (Wildman–Crippen MR) is 48.3 cm³/mol. The minimum atomic E-state index is -0.751. The van der Waals surface area contributed by atoms with Crippen molar-refractivity contribution in [2.75, 3.05) is 0 Å². The predicted octanol–water partition coefficient (Wildman–Crippen LogP) is 1.71. The van der Waals surface area contributed by atoms with Gasteiger partial charge in [-0.05, 0) is 18.8 Å². The van der Waals surface area contributed by atoms with Crippen LogP contribution in [0.1, 0.15) is 33.1 Å². The molecule has 0 amide bonds. The fourth-order valence-corrected chi connectivity index (χ4v) is 2.27. The Morgan fingerprint density at radius 2 is 2.23 bits per heavy atom. The molecule has 1 rings (SSSR count). The Labute approximate surface area is 78.1 Å². The van der Waals surface area contributed by atoms with E-state index in [2.05, 4.69) is 0 Å². The highest BCUT2D eigenvalue weighted by Gasteiger charge is 2.37. The van der Waals surface area contributed by atoms with Crippen LogP contribution in [0.3, 0.4) is 0 Å². The first kappa shape index (κ1) is 10.2. The third kappa shape index (κ3) is 1.90. The minimum absolute atomic E-state index is 0.00347. The molecule has 74 valence electrons. The van der Waals surface area contributed by atoms with Gasteiger partial charge in [0, 0.05) is 12.3 Å². The summed E-state index contributed by atoms with van der Waals surface area (Å²) in [6.45, 7) is 3.83.